The fourth-order valence-electron chi connectivity index (χ4n) is 4.85. The summed E-state index contributed by atoms with van der Waals surface area (Å²) in [6.45, 7) is 2.22. The number of benzene rings is 4. The first-order valence-corrected chi connectivity index (χ1v) is 14.4. The number of ether oxygens (including phenoxy) is 5. The van der Waals surface area contributed by atoms with E-state index in [9.17, 15) is 13.2 Å². The van der Waals surface area contributed by atoms with Crippen LogP contribution >= 0.6 is 0 Å². The van der Waals surface area contributed by atoms with E-state index >= 15 is 0 Å². The van der Waals surface area contributed by atoms with Crippen molar-refractivity contribution < 1.29 is 36.9 Å². The lowest BCUT2D eigenvalue weighted by atomic mass is 9.98. The van der Waals surface area contributed by atoms with Crippen LogP contribution in [-0.2, 0) is 43.5 Å². The summed E-state index contributed by atoms with van der Waals surface area (Å²) in [5.41, 5.74) is 2.72. The maximum atomic E-state index is 14.3. The molecule has 44 heavy (non-hydrogen) atoms. The highest BCUT2D eigenvalue weighted by Gasteiger charge is 2.51. The van der Waals surface area contributed by atoms with Crippen LogP contribution in [0.25, 0.3) is 0 Å². The lowest BCUT2D eigenvalue weighted by Gasteiger charge is -2.45. The Morgan fingerprint density at radius 1 is 0.614 bits per heavy atom. The summed E-state index contributed by atoms with van der Waals surface area (Å²) >= 11 is 0. The molecule has 4 aromatic carbocycles. The maximum Gasteiger partial charge on any atom is 0.468 e. The second kappa shape index (κ2) is 15.1. The van der Waals surface area contributed by atoms with Gasteiger partial charge in [0.25, 0.3) is 5.90 Å². The van der Waals surface area contributed by atoms with Crippen molar-refractivity contribution in [2.75, 3.05) is 0 Å². The van der Waals surface area contributed by atoms with Crippen LogP contribution in [-0.4, -0.2) is 42.8 Å². The van der Waals surface area contributed by atoms with E-state index in [0.717, 1.165) is 16.7 Å². The highest BCUT2D eigenvalue weighted by molar-refractivity contribution is 5.84. The Morgan fingerprint density at radius 3 is 1.48 bits per heavy atom. The number of hydrogen-bond acceptors (Lipinski definition) is 6. The first-order chi connectivity index (χ1) is 21.4. The molecule has 4 aromatic rings. The first kappa shape index (κ1) is 31.4. The topological polar surface area (TPSA) is 58.5 Å². The lowest BCUT2D eigenvalue weighted by Crippen LogP contribution is -2.60. The second-order valence-electron chi connectivity index (χ2n) is 10.4. The molecular formula is C35H34F3NO5. The van der Waals surface area contributed by atoms with E-state index in [1.54, 1.807) is 25.1 Å². The summed E-state index contributed by atoms with van der Waals surface area (Å²) in [5.74, 6) is -1.44. The minimum Gasteiger partial charge on any atom is -0.441 e. The van der Waals surface area contributed by atoms with Gasteiger partial charge >= 0.3 is 6.18 Å². The predicted octanol–water partition coefficient (Wildman–Crippen LogP) is 7.80. The fraction of sp³-hybridized carbons (Fsp3) is 0.286. The molecule has 1 saturated heterocycles. The van der Waals surface area contributed by atoms with Crippen LogP contribution < -0.4 is 0 Å². The van der Waals surface area contributed by atoms with E-state index in [-0.39, 0.29) is 25.5 Å². The van der Waals surface area contributed by atoms with Gasteiger partial charge in [0.05, 0.1) is 31.6 Å². The summed E-state index contributed by atoms with van der Waals surface area (Å²) in [7, 11) is 0. The lowest BCUT2D eigenvalue weighted by molar-refractivity contribution is -0.307. The first-order valence-electron chi connectivity index (χ1n) is 14.4. The number of hydrogen-bond donors (Lipinski definition) is 0. The number of aliphatic imine (C=N–C) groups is 1. The van der Waals surface area contributed by atoms with E-state index in [1.807, 2.05) is 91.0 Å². The Bertz CT molecular complexity index is 1440. The molecule has 5 atom stereocenters. The minimum atomic E-state index is -4.90. The molecule has 230 valence electrons. The molecule has 1 aliphatic rings. The largest absolute Gasteiger partial charge is 0.468 e. The van der Waals surface area contributed by atoms with Gasteiger partial charge in [-0.15, -0.1) is 0 Å². The molecule has 1 heterocycles. The highest BCUT2D eigenvalue weighted by atomic mass is 19.4. The van der Waals surface area contributed by atoms with Crippen LogP contribution in [0.5, 0.6) is 0 Å². The van der Waals surface area contributed by atoms with Crippen molar-refractivity contribution in [2.24, 2.45) is 4.99 Å². The van der Waals surface area contributed by atoms with Crippen molar-refractivity contribution >= 4 is 11.6 Å². The van der Waals surface area contributed by atoms with Gasteiger partial charge in [0, 0.05) is 0 Å². The van der Waals surface area contributed by atoms with Crippen LogP contribution in [0.4, 0.5) is 18.9 Å². The van der Waals surface area contributed by atoms with Gasteiger partial charge in [0.2, 0.25) is 6.29 Å². The zero-order chi connectivity index (χ0) is 30.8. The van der Waals surface area contributed by atoms with Gasteiger partial charge in [-0.05, 0) is 35.7 Å². The molecule has 0 amide bonds. The third-order valence-electron chi connectivity index (χ3n) is 7.04. The highest BCUT2D eigenvalue weighted by Crippen LogP contribution is 2.33. The van der Waals surface area contributed by atoms with Crippen molar-refractivity contribution in [3.63, 3.8) is 0 Å². The summed E-state index contributed by atoms with van der Waals surface area (Å²) in [5, 5.41) is 0. The Morgan fingerprint density at radius 2 is 1.02 bits per heavy atom. The number of para-hydroxylation sites is 1. The standard InChI is InChI=1S/C35H34F3NO5/c1-25-30(40-22-26-14-6-2-7-15-26)31(41-23-27-16-8-3-9-17-27)32(42-24-28-18-10-4-11-19-28)33(43-25)44-34(35(36,37)38)39-29-20-12-5-13-21-29/h2-21,25,30-33H,22-24H2,1H3/t25-,30+,31+,32-,33+/m0/s1. The van der Waals surface area contributed by atoms with Crippen molar-refractivity contribution in [1.82, 2.24) is 0 Å². The Labute approximate surface area is 255 Å². The molecule has 0 aliphatic carbocycles. The van der Waals surface area contributed by atoms with E-state index < -0.39 is 42.8 Å². The van der Waals surface area contributed by atoms with Gasteiger partial charge in [-0.1, -0.05) is 109 Å². The van der Waals surface area contributed by atoms with Crippen LogP contribution in [0.3, 0.4) is 0 Å². The normalized spacial score (nSPS) is 22.5. The third kappa shape index (κ3) is 8.76. The van der Waals surface area contributed by atoms with Gasteiger partial charge in [0.15, 0.2) is 0 Å². The van der Waals surface area contributed by atoms with Crippen molar-refractivity contribution in [3.8, 4) is 0 Å². The quantitative estimate of drug-likeness (QED) is 0.129. The molecule has 0 N–H and O–H groups in total. The van der Waals surface area contributed by atoms with Crippen LogP contribution in [0.1, 0.15) is 23.6 Å². The molecule has 0 bridgehead atoms. The minimum absolute atomic E-state index is 0.0802. The summed E-state index contributed by atoms with van der Waals surface area (Å²) in [4.78, 5) is 3.78. The SMILES string of the molecule is C[C@@H]1O[C@H](OC(=Nc2ccccc2)C(F)(F)F)[C@@H](OCc2ccccc2)[C@H](OCc2ccccc2)[C@@H]1OCc1ccccc1. The molecule has 0 spiro atoms. The zero-order valence-corrected chi connectivity index (χ0v) is 24.2. The van der Waals surface area contributed by atoms with E-state index in [1.165, 1.54) is 12.1 Å². The smallest absolute Gasteiger partial charge is 0.441 e. The Hall–Kier alpha value is -4.02. The molecule has 0 aromatic heterocycles. The maximum absolute atomic E-state index is 14.3. The molecular weight excluding hydrogens is 571 g/mol. The molecule has 0 unspecified atom stereocenters. The number of rotatable bonds is 11. The molecule has 1 fully saturated rings. The van der Waals surface area contributed by atoms with Crippen molar-refractivity contribution in [1.29, 1.82) is 0 Å². The Kier molecular flexibility index (Phi) is 10.8. The van der Waals surface area contributed by atoms with E-state index in [0.29, 0.717) is 0 Å². The molecule has 0 radical (unpaired) electrons. The average molecular weight is 606 g/mol. The second-order valence-corrected chi connectivity index (χ2v) is 10.4. The van der Waals surface area contributed by atoms with Crippen LogP contribution in [0, 0.1) is 0 Å². The Balaban J connectivity index is 1.47. The van der Waals surface area contributed by atoms with Gasteiger partial charge in [0.1, 0.15) is 18.3 Å². The van der Waals surface area contributed by atoms with Gasteiger partial charge in [-0.2, -0.15) is 13.2 Å². The summed E-state index contributed by atoms with van der Waals surface area (Å²) in [6, 6.07) is 36.2. The van der Waals surface area contributed by atoms with Crippen LogP contribution in [0.2, 0.25) is 0 Å². The summed E-state index contributed by atoms with van der Waals surface area (Å²) in [6.07, 6.45) is -9.78. The molecule has 1 aliphatic heterocycles. The van der Waals surface area contributed by atoms with E-state index in [4.69, 9.17) is 23.7 Å². The zero-order valence-electron chi connectivity index (χ0n) is 24.2. The average Bonchev–Trinajstić information content (AvgIpc) is 3.04. The van der Waals surface area contributed by atoms with Crippen molar-refractivity contribution in [2.45, 2.75) is 63.6 Å². The molecule has 0 saturated carbocycles. The summed E-state index contributed by atoms with van der Waals surface area (Å²) < 4.78 is 73.6. The number of nitrogens with zero attached hydrogens (tertiary/aromatic N) is 1. The molecule has 5 rings (SSSR count). The monoisotopic (exact) mass is 605 g/mol. The number of halogens is 3. The van der Waals surface area contributed by atoms with E-state index in [2.05, 4.69) is 4.99 Å². The third-order valence-corrected chi connectivity index (χ3v) is 7.04. The molecule has 9 heteroatoms. The number of alkyl halides is 3. The van der Waals surface area contributed by atoms with Gasteiger partial charge < -0.3 is 23.7 Å². The van der Waals surface area contributed by atoms with Gasteiger partial charge in [-0.3, -0.25) is 0 Å². The molecule has 6 nitrogen and oxygen atoms in total. The predicted molar refractivity (Wildman–Crippen MR) is 160 cm³/mol. The fourth-order valence-corrected chi connectivity index (χ4v) is 4.85. The van der Waals surface area contributed by atoms with Gasteiger partial charge in [-0.25, -0.2) is 4.99 Å². The van der Waals surface area contributed by atoms with Crippen LogP contribution in [0.15, 0.2) is 126 Å². The van der Waals surface area contributed by atoms with Crippen molar-refractivity contribution in [3.05, 3.63) is 138 Å².